The molecule has 2 unspecified atom stereocenters. The molecular weight excluding hydrogens is 410 g/mol. The van der Waals surface area contributed by atoms with Gasteiger partial charge < -0.3 is 4.74 Å². The molecule has 0 aromatic rings. The van der Waals surface area contributed by atoms with Gasteiger partial charge in [-0.2, -0.15) is 38.1 Å². The maximum absolute atomic E-state index is 12.7. The molecule has 0 N–H and O–H groups in total. The van der Waals surface area contributed by atoms with Crippen molar-refractivity contribution >= 4 is 39.2 Å². The highest BCUT2D eigenvalue weighted by atomic mass is 35.5. The van der Waals surface area contributed by atoms with Crippen LogP contribution in [0.15, 0.2) is 0 Å². The van der Waals surface area contributed by atoms with Gasteiger partial charge in [0.2, 0.25) is 4.21 Å². The third-order valence-electron chi connectivity index (χ3n) is 3.02. The smallest absolute Gasteiger partial charge is 0.400 e. The van der Waals surface area contributed by atoms with Gasteiger partial charge in [0.15, 0.2) is 9.84 Å². The number of methoxy groups -OCH3 is 1. The lowest BCUT2D eigenvalue weighted by atomic mass is 10.1. The Morgan fingerprint density at radius 1 is 1.17 bits per heavy atom. The Bertz CT molecular complexity index is 534. The molecule has 0 aliphatic rings. The quantitative estimate of drug-likeness (QED) is 0.339. The zero-order chi connectivity index (χ0) is 19.4. The normalized spacial score (nSPS) is 17.2. The Balaban J connectivity index is 5.46. The van der Waals surface area contributed by atoms with E-state index in [1.54, 1.807) is 0 Å². The van der Waals surface area contributed by atoms with E-state index in [4.69, 9.17) is 11.6 Å². The molecule has 0 fully saturated rings. The van der Waals surface area contributed by atoms with E-state index in [0.717, 1.165) is 13.4 Å². The predicted molar refractivity (Wildman–Crippen MR) is 77.7 cm³/mol. The zero-order valence-electron chi connectivity index (χ0n) is 12.5. The van der Waals surface area contributed by atoms with Gasteiger partial charge in [-0.1, -0.05) is 11.6 Å². The topological polar surface area (TPSA) is 60.4 Å². The Hall–Kier alpha value is -0.360. The zero-order valence-corrected chi connectivity index (χ0v) is 14.9. The van der Waals surface area contributed by atoms with E-state index in [-0.39, 0.29) is 0 Å². The van der Waals surface area contributed by atoms with Crippen LogP contribution in [-0.2, 0) is 19.4 Å². The van der Waals surface area contributed by atoms with E-state index >= 15 is 0 Å². The van der Waals surface area contributed by atoms with E-state index in [9.17, 15) is 39.6 Å². The molecule has 0 saturated carbocycles. The molecule has 0 aromatic carbocycles. The fourth-order valence-electron chi connectivity index (χ4n) is 1.68. The summed E-state index contributed by atoms with van der Waals surface area (Å²) >= 11 is 6.01. The molecule has 0 heterocycles. The Morgan fingerprint density at radius 3 is 2.00 bits per heavy atom. The number of sulfone groups is 1. The van der Waals surface area contributed by atoms with Crippen LogP contribution in [0.4, 0.5) is 26.3 Å². The molecule has 0 radical (unpaired) electrons. The summed E-state index contributed by atoms with van der Waals surface area (Å²) in [5, 5.41) is -2.03. The summed E-state index contributed by atoms with van der Waals surface area (Å²) in [7, 11) is -4.19. The van der Waals surface area contributed by atoms with Gasteiger partial charge in [0, 0.05) is 0 Å². The number of ether oxygens (including phenoxy) is 1. The summed E-state index contributed by atoms with van der Waals surface area (Å²) < 4.78 is 99.9. The standard InChI is InChI=1S/C11H15ClF6O4S2/c1-22-8(19)9(12,4-3-7(23-2)11(16,17)18)24(20,21)6-5-10(13,14)15/h7H,3-6H2,1-2H3. The third kappa shape index (κ3) is 6.51. The summed E-state index contributed by atoms with van der Waals surface area (Å²) in [5.74, 6) is -3.15. The van der Waals surface area contributed by atoms with Gasteiger partial charge in [-0.25, -0.2) is 13.2 Å². The summed E-state index contributed by atoms with van der Waals surface area (Å²) in [4.78, 5) is 11.7. The maximum atomic E-state index is 12.7. The lowest BCUT2D eigenvalue weighted by Gasteiger charge is -2.27. The predicted octanol–water partition coefficient (Wildman–Crippen LogP) is 3.54. The Kier molecular flexibility index (Phi) is 8.22. The number of hydrogen-bond acceptors (Lipinski definition) is 5. The van der Waals surface area contributed by atoms with Gasteiger partial charge in [-0.15, -0.1) is 0 Å². The molecule has 24 heavy (non-hydrogen) atoms. The van der Waals surface area contributed by atoms with Crippen LogP contribution in [0.25, 0.3) is 0 Å². The highest BCUT2D eigenvalue weighted by Crippen LogP contribution is 2.38. The van der Waals surface area contributed by atoms with Crippen LogP contribution in [0.2, 0.25) is 0 Å². The highest BCUT2D eigenvalue weighted by molar-refractivity contribution is 7.99. The minimum Gasteiger partial charge on any atom is -0.467 e. The van der Waals surface area contributed by atoms with Crippen LogP contribution in [0.1, 0.15) is 19.3 Å². The van der Waals surface area contributed by atoms with E-state index in [1.807, 2.05) is 0 Å². The van der Waals surface area contributed by atoms with Crippen molar-refractivity contribution in [3.05, 3.63) is 0 Å². The fourth-order valence-corrected chi connectivity index (χ4v) is 4.31. The summed E-state index contributed by atoms with van der Waals surface area (Å²) in [6, 6.07) is 0. The third-order valence-corrected chi connectivity index (χ3v) is 7.23. The SMILES string of the molecule is COC(=O)C(Cl)(CCC(SC)C(F)(F)F)S(=O)(=O)CCC(F)(F)F. The molecule has 0 aliphatic carbocycles. The largest absolute Gasteiger partial charge is 0.467 e. The molecular formula is C11H15ClF6O4S2. The van der Waals surface area contributed by atoms with Gasteiger partial charge in [-0.3, -0.25) is 0 Å². The van der Waals surface area contributed by atoms with Crippen molar-refractivity contribution in [2.75, 3.05) is 19.1 Å². The van der Waals surface area contributed by atoms with Gasteiger partial charge in [0.25, 0.3) is 0 Å². The van der Waals surface area contributed by atoms with Crippen molar-refractivity contribution < 1.29 is 44.3 Å². The molecule has 2 atom stereocenters. The van der Waals surface area contributed by atoms with Gasteiger partial charge in [0.05, 0.1) is 19.3 Å². The first-order valence-electron chi connectivity index (χ1n) is 6.26. The molecule has 0 aliphatic heterocycles. The summed E-state index contributed by atoms with van der Waals surface area (Å²) in [6.07, 6.45) is -12.1. The van der Waals surface area contributed by atoms with E-state index in [1.165, 1.54) is 0 Å². The summed E-state index contributed by atoms with van der Waals surface area (Å²) in [6.45, 7) is 0. The number of halogens is 7. The molecule has 0 saturated heterocycles. The summed E-state index contributed by atoms with van der Waals surface area (Å²) in [5.41, 5.74) is 0. The number of alkyl halides is 7. The van der Waals surface area contributed by atoms with Crippen LogP contribution in [-0.4, -0.2) is 55.3 Å². The van der Waals surface area contributed by atoms with E-state index in [2.05, 4.69) is 4.74 Å². The van der Waals surface area contributed by atoms with Crippen LogP contribution < -0.4 is 0 Å². The monoisotopic (exact) mass is 424 g/mol. The number of carbonyl (C=O) groups is 1. The van der Waals surface area contributed by atoms with Crippen molar-refractivity contribution in [2.24, 2.45) is 0 Å². The van der Waals surface area contributed by atoms with E-state index in [0.29, 0.717) is 11.8 Å². The second-order valence-electron chi connectivity index (χ2n) is 4.71. The van der Waals surface area contributed by atoms with E-state index < -0.39 is 62.6 Å². The number of esters is 1. The molecule has 13 heteroatoms. The number of carbonyl (C=O) groups excluding carboxylic acids is 1. The van der Waals surface area contributed by atoms with Crippen molar-refractivity contribution in [1.29, 1.82) is 0 Å². The van der Waals surface area contributed by atoms with Crippen LogP contribution in [0, 0.1) is 0 Å². The molecule has 0 bridgehead atoms. The lowest BCUT2D eigenvalue weighted by Crippen LogP contribution is -2.45. The molecule has 4 nitrogen and oxygen atoms in total. The van der Waals surface area contributed by atoms with Gasteiger partial charge in [-0.05, 0) is 19.1 Å². The molecule has 0 spiro atoms. The van der Waals surface area contributed by atoms with Gasteiger partial charge in [0.1, 0.15) is 5.25 Å². The van der Waals surface area contributed by atoms with Crippen molar-refractivity contribution in [1.82, 2.24) is 0 Å². The van der Waals surface area contributed by atoms with Crippen LogP contribution in [0.5, 0.6) is 0 Å². The maximum Gasteiger partial charge on any atom is 0.400 e. The minimum absolute atomic E-state index is 0.355. The van der Waals surface area contributed by atoms with Crippen molar-refractivity contribution in [3.8, 4) is 0 Å². The number of rotatable bonds is 8. The van der Waals surface area contributed by atoms with Crippen LogP contribution >= 0.6 is 23.4 Å². The first kappa shape index (κ1) is 23.6. The van der Waals surface area contributed by atoms with Crippen molar-refractivity contribution in [3.63, 3.8) is 0 Å². The second-order valence-corrected chi connectivity index (χ2v) is 8.95. The highest BCUT2D eigenvalue weighted by Gasteiger charge is 2.52. The Morgan fingerprint density at radius 2 is 1.67 bits per heavy atom. The minimum atomic E-state index is -4.92. The lowest BCUT2D eigenvalue weighted by molar-refractivity contribution is -0.143. The van der Waals surface area contributed by atoms with Crippen molar-refractivity contribution in [2.45, 2.75) is 41.1 Å². The first-order chi connectivity index (χ1) is 10.6. The Labute approximate surface area is 144 Å². The average molecular weight is 425 g/mol. The number of thioether (sulfide) groups is 1. The number of hydrogen-bond donors (Lipinski definition) is 0. The second kappa shape index (κ2) is 8.35. The average Bonchev–Trinajstić information content (AvgIpc) is 2.42. The first-order valence-corrected chi connectivity index (χ1v) is 9.58. The molecule has 0 aromatic heterocycles. The van der Waals surface area contributed by atoms with Gasteiger partial charge >= 0.3 is 18.3 Å². The fraction of sp³-hybridized carbons (Fsp3) is 0.909. The van der Waals surface area contributed by atoms with Crippen LogP contribution in [0.3, 0.4) is 0 Å². The molecule has 0 rings (SSSR count). The molecule has 144 valence electrons. The molecule has 0 amide bonds.